The Bertz CT molecular complexity index is 671. The van der Waals surface area contributed by atoms with Crippen LogP contribution in [0, 0.1) is 0 Å². The van der Waals surface area contributed by atoms with E-state index in [1.807, 2.05) is 30.3 Å². The fourth-order valence-corrected chi connectivity index (χ4v) is 3.22. The normalized spacial score (nSPS) is 16.8. The summed E-state index contributed by atoms with van der Waals surface area (Å²) in [6.45, 7) is 8.35. The first-order chi connectivity index (χ1) is 12.2. The van der Waals surface area contributed by atoms with Gasteiger partial charge in [-0.05, 0) is 18.4 Å². The Labute approximate surface area is 149 Å². The highest BCUT2D eigenvalue weighted by atomic mass is 16.3. The van der Waals surface area contributed by atoms with Crippen LogP contribution in [0.4, 0.5) is 5.95 Å². The average Bonchev–Trinajstić information content (AvgIpc) is 2.68. The molecule has 25 heavy (non-hydrogen) atoms. The van der Waals surface area contributed by atoms with Crippen molar-refractivity contribution in [1.29, 1.82) is 0 Å². The number of piperazine rings is 1. The summed E-state index contributed by atoms with van der Waals surface area (Å²) in [4.78, 5) is 9.19. The molecule has 1 aliphatic rings. The third-order valence-corrected chi connectivity index (χ3v) is 4.77. The molecule has 1 fully saturated rings. The van der Waals surface area contributed by atoms with Crippen molar-refractivity contribution >= 4 is 5.95 Å². The molecule has 2 heterocycles. The molecule has 1 aromatic heterocycles. The fraction of sp³-hybridized carbons (Fsp3) is 0.526. The number of aromatic nitrogens is 3. The van der Waals surface area contributed by atoms with E-state index in [2.05, 4.69) is 33.8 Å². The molecular formula is C19H27N5O. The van der Waals surface area contributed by atoms with Crippen LogP contribution in [0.3, 0.4) is 0 Å². The zero-order valence-electron chi connectivity index (χ0n) is 15.1. The van der Waals surface area contributed by atoms with Gasteiger partial charge >= 0.3 is 0 Å². The predicted molar refractivity (Wildman–Crippen MR) is 98.6 cm³/mol. The number of benzene rings is 1. The average molecular weight is 341 g/mol. The second-order valence-electron chi connectivity index (χ2n) is 6.43. The van der Waals surface area contributed by atoms with E-state index in [0.717, 1.165) is 61.9 Å². The quantitative estimate of drug-likeness (QED) is 0.865. The van der Waals surface area contributed by atoms with Crippen LogP contribution in [0.2, 0.25) is 0 Å². The van der Waals surface area contributed by atoms with E-state index in [9.17, 15) is 5.11 Å². The summed E-state index contributed by atoms with van der Waals surface area (Å²) in [5.74, 6) is 0.734. The molecule has 6 heteroatoms. The number of nitrogens with zero attached hydrogens (tertiary/aromatic N) is 5. The molecule has 0 spiro atoms. The number of anilines is 1. The van der Waals surface area contributed by atoms with Crippen molar-refractivity contribution in [3.63, 3.8) is 0 Å². The van der Waals surface area contributed by atoms with Crippen LogP contribution in [0.15, 0.2) is 30.3 Å². The molecule has 1 atom stereocenters. The number of aliphatic hydroxyl groups excluding tert-OH is 1. The minimum absolute atomic E-state index is 0.443. The van der Waals surface area contributed by atoms with Gasteiger partial charge < -0.3 is 10.0 Å². The summed E-state index contributed by atoms with van der Waals surface area (Å²) >= 11 is 0. The van der Waals surface area contributed by atoms with Crippen LogP contribution in [0.5, 0.6) is 0 Å². The van der Waals surface area contributed by atoms with E-state index in [1.165, 1.54) is 0 Å². The molecule has 1 unspecified atom stereocenters. The molecule has 3 rings (SSSR count). The summed E-state index contributed by atoms with van der Waals surface area (Å²) in [6, 6.07) is 9.85. The van der Waals surface area contributed by atoms with E-state index in [0.29, 0.717) is 6.54 Å². The molecule has 0 radical (unpaired) electrons. The summed E-state index contributed by atoms with van der Waals surface area (Å²) in [7, 11) is 0. The highest BCUT2D eigenvalue weighted by Gasteiger charge is 2.22. The molecule has 1 aromatic carbocycles. The first-order valence-electron chi connectivity index (χ1n) is 9.14. The molecule has 0 aliphatic carbocycles. The molecule has 0 saturated carbocycles. The Hall–Kier alpha value is -2.05. The van der Waals surface area contributed by atoms with Gasteiger partial charge in [-0.2, -0.15) is 5.10 Å². The number of aryl methyl sites for hydroxylation is 2. The smallest absolute Gasteiger partial charge is 0.245 e. The molecule has 0 bridgehead atoms. The van der Waals surface area contributed by atoms with E-state index < -0.39 is 6.10 Å². The van der Waals surface area contributed by atoms with Gasteiger partial charge in [0, 0.05) is 32.7 Å². The summed E-state index contributed by atoms with van der Waals surface area (Å²) < 4.78 is 0. The molecule has 134 valence electrons. The van der Waals surface area contributed by atoms with Crippen molar-refractivity contribution < 1.29 is 5.11 Å². The molecule has 1 aliphatic heterocycles. The van der Waals surface area contributed by atoms with Crippen molar-refractivity contribution in [3.05, 3.63) is 47.3 Å². The van der Waals surface area contributed by atoms with E-state index >= 15 is 0 Å². The van der Waals surface area contributed by atoms with Crippen molar-refractivity contribution in [2.24, 2.45) is 0 Å². The van der Waals surface area contributed by atoms with E-state index in [1.54, 1.807) is 0 Å². The van der Waals surface area contributed by atoms with Gasteiger partial charge in [0.2, 0.25) is 5.95 Å². The standard InChI is InChI=1S/C19H27N5O/c1-3-16-17(4-2)21-22-19(20-16)24-12-10-23(11-13-24)14-18(25)15-8-6-5-7-9-15/h5-9,18,25H,3-4,10-14H2,1-2H3. The van der Waals surface area contributed by atoms with E-state index in [4.69, 9.17) is 4.98 Å². The van der Waals surface area contributed by atoms with Gasteiger partial charge in [0.1, 0.15) is 0 Å². The Kier molecular flexibility index (Phi) is 5.94. The third-order valence-electron chi connectivity index (χ3n) is 4.77. The van der Waals surface area contributed by atoms with Crippen LogP contribution in [-0.4, -0.2) is 57.9 Å². The van der Waals surface area contributed by atoms with Crippen LogP contribution >= 0.6 is 0 Å². The van der Waals surface area contributed by atoms with Crippen molar-refractivity contribution in [2.75, 3.05) is 37.6 Å². The van der Waals surface area contributed by atoms with Gasteiger partial charge in [-0.15, -0.1) is 5.10 Å². The van der Waals surface area contributed by atoms with Gasteiger partial charge in [-0.25, -0.2) is 4.98 Å². The second kappa shape index (κ2) is 8.36. The lowest BCUT2D eigenvalue weighted by molar-refractivity contribution is 0.109. The Morgan fingerprint density at radius 2 is 1.64 bits per heavy atom. The summed E-state index contributed by atoms with van der Waals surface area (Å²) in [5, 5.41) is 19.0. The highest BCUT2D eigenvalue weighted by Crippen LogP contribution is 2.17. The topological polar surface area (TPSA) is 65.4 Å². The van der Waals surface area contributed by atoms with Gasteiger partial charge in [-0.1, -0.05) is 44.2 Å². The van der Waals surface area contributed by atoms with Crippen molar-refractivity contribution in [1.82, 2.24) is 20.1 Å². The maximum absolute atomic E-state index is 10.4. The monoisotopic (exact) mass is 341 g/mol. The largest absolute Gasteiger partial charge is 0.387 e. The lowest BCUT2D eigenvalue weighted by Gasteiger charge is -2.35. The van der Waals surface area contributed by atoms with E-state index in [-0.39, 0.29) is 0 Å². The first kappa shape index (κ1) is 17.8. The summed E-state index contributed by atoms with van der Waals surface area (Å²) in [5.41, 5.74) is 3.02. The van der Waals surface area contributed by atoms with Gasteiger partial charge in [0.15, 0.2) is 0 Å². The minimum Gasteiger partial charge on any atom is -0.387 e. The zero-order valence-corrected chi connectivity index (χ0v) is 15.1. The number of hydrogen-bond acceptors (Lipinski definition) is 6. The Morgan fingerprint density at radius 3 is 2.28 bits per heavy atom. The number of hydrogen-bond donors (Lipinski definition) is 1. The maximum atomic E-state index is 10.4. The maximum Gasteiger partial charge on any atom is 0.245 e. The summed E-state index contributed by atoms with van der Waals surface area (Å²) in [6.07, 6.45) is 1.31. The minimum atomic E-state index is -0.443. The lowest BCUT2D eigenvalue weighted by Crippen LogP contribution is -2.48. The van der Waals surface area contributed by atoms with Gasteiger partial charge in [0.05, 0.1) is 17.5 Å². The van der Waals surface area contributed by atoms with Crippen molar-refractivity contribution in [2.45, 2.75) is 32.8 Å². The molecule has 1 N–H and O–H groups in total. The van der Waals surface area contributed by atoms with Crippen LogP contribution < -0.4 is 4.90 Å². The Balaban J connectivity index is 1.57. The van der Waals surface area contributed by atoms with Crippen LogP contribution in [0.1, 0.15) is 36.9 Å². The SMILES string of the molecule is CCc1nnc(N2CCN(CC(O)c3ccccc3)CC2)nc1CC. The molecule has 0 amide bonds. The van der Waals surface area contributed by atoms with Crippen molar-refractivity contribution in [3.8, 4) is 0 Å². The number of rotatable bonds is 6. The molecule has 6 nitrogen and oxygen atoms in total. The third kappa shape index (κ3) is 4.32. The number of β-amino-alcohol motifs (C(OH)–C–C–N with tert-alkyl or cyclic N) is 1. The highest BCUT2D eigenvalue weighted by molar-refractivity contribution is 5.31. The molecular weight excluding hydrogens is 314 g/mol. The second-order valence-corrected chi connectivity index (χ2v) is 6.43. The first-order valence-corrected chi connectivity index (χ1v) is 9.14. The fourth-order valence-electron chi connectivity index (χ4n) is 3.22. The zero-order chi connectivity index (χ0) is 17.6. The van der Waals surface area contributed by atoms with Gasteiger partial charge in [0.25, 0.3) is 0 Å². The molecule has 1 saturated heterocycles. The predicted octanol–water partition coefficient (Wildman–Crippen LogP) is 1.85. The Morgan fingerprint density at radius 1 is 0.960 bits per heavy atom. The van der Waals surface area contributed by atoms with Crippen LogP contribution in [-0.2, 0) is 12.8 Å². The lowest BCUT2D eigenvalue weighted by atomic mass is 10.1. The van der Waals surface area contributed by atoms with Gasteiger partial charge in [-0.3, -0.25) is 4.90 Å². The number of aliphatic hydroxyl groups is 1. The van der Waals surface area contributed by atoms with Crippen LogP contribution in [0.25, 0.3) is 0 Å². The molecule has 2 aromatic rings.